The van der Waals surface area contributed by atoms with Crippen LogP contribution in [0.25, 0.3) is 11.1 Å². The van der Waals surface area contributed by atoms with Crippen LogP contribution in [-0.4, -0.2) is 24.1 Å². The summed E-state index contributed by atoms with van der Waals surface area (Å²) in [6.07, 6.45) is 0.871. The van der Waals surface area contributed by atoms with E-state index in [0.717, 1.165) is 16.9 Å². The number of hydrogen-bond acceptors (Lipinski definition) is 4. The number of carbonyl (C=O) groups excluding carboxylic acids is 2. The molecular weight excluding hydrogens is 442 g/mol. The summed E-state index contributed by atoms with van der Waals surface area (Å²) in [5.74, 6) is 0.840. The highest BCUT2D eigenvalue weighted by atomic mass is 32.2. The molecule has 0 radical (unpaired) electrons. The van der Waals surface area contributed by atoms with Gasteiger partial charge in [-0.3, -0.25) is 9.59 Å². The van der Waals surface area contributed by atoms with Gasteiger partial charge in [-0.25, -0.2) is 0 Å². The van der Waals surface area contributed by atoms with Crippen molar-refractivity contribution in [1.29, 1.82) is 0 Å². The summed E-state index contributed by atoms with van der Waals surface area (Å²) in [6, 6.07) is 31.1. The van der Waals surface area contributed by atoms with E-state index in [1.54, 1.807) is 12.1 Å². The van der Waals surface area contributed by atoms with Crippen molar-refractivity contribution in [2.45, 2.75) is 11.3 Å². The molecule has 0 spiro atoms. The van der Waals surface area contributed by atoms with Gasteiger partial charge in [-0.2, -0.15) is 0 Å². The normalized spacial score (nSPS) is 11.4. The Bertz CT molecular complexity index is 1350. The van der Waals surface area contributed by atoms with Gasteiger partial charge < -0.3 is 10.1 Å². The molecule has 0 aromatic heterocycles. The van der Waals surface area contributed by atoms with Crippen molar-refractivity contribution in [2.24, 2.45) is 0 Å². The minimum atomic E-state index is -0.235. The molecule has 0 fully saturated rings. The zero-order chi connectivity index (χ0) is 23.3. The lowest BCUT2D eigenvalue weighted by Crippen LogP contribution is -2.20. The predicted molar refractivity (Wildman–Crippen MR) is 137 cm³/mol. The molecule has 168 valence electrons. The highest BCUT2D eigenvalue weighted by Crippen LogP contribution is 2.37. The number of ketones is 1. The Morgan fingerprint density at radius 1 is 0.794 bits per heavy atom. The minimum absolute atomic E-state index is 0.0674. The van der Waals surface area contributed by atoms with Crippen LogP contribution in [0.1, 0.15) is 21.5 Å². The van der Waals surface area contributed by atoms with Gasteiger partial charge in [-0.15, -0.1) is 11.8 Å². The zero-order valence-corrected chi connectivity index (χ0v) is 19.3. The Balaban J connectivity index is 1.17. The first-order valence-electron chi connectivity index (χ1n) is 11.1. The maximum atomic E-state index is 12.9. The smallest absolute Gasteiger partial charge is 0.262 e. The third-order valence-electron chi connectivity index (χ3n) is 5.72. The first-order valence-corrected chi connectivity index (χ1v) is 12.1. The molecular formula is C29H23NO3S. The molecule has 1 aliphatic rings. The summed E-state index contributed by atoms with van der Waals surface area (Å²) in [7, 11) is 0. The fraction of sp³-hybridized carbons (Fsp3) is 0.103. The van der Waals surface area contributed by atoms with Gasteiger partial charge in [0.15, 0.2) is 12.4 Å². The summed E-state index contributed by atoms with van der Waals surface area (Å²) in [6.45, 7) is -0.0674. The van der Waals surface area contributed by atoms with E-state index in [4.69, 9.17) is 4.74 Å². The lowest BCUT2D eigenvalue weighted by atomic mass is 10.0. The molecule has 0 heterocycles. The van der Waals surface area contributed by atoms with Gasteiger partial charge in [0.2, 0.25) is 0 Å². The highest BCUT2D eigenvalue weighted by Gasteiger charge is 2.19. The lowest BCUT2D eigenvalue weighted by Gasteiger charge is -2.09. The van der Waals surface area contributed by atoms with Crippen LogP contribution >= 0.6 is 11.8 Å². The fourth-order valence-electron chi connectivity index (χ4n) is 4.08. The van der Waals surface area contributed by atoms with Gasteiger partial charge in [0.05, 0.1) is 5.75 Å². The average molecular weight is 466 g/mol. The van der Waals surface area contributed by atoms with Crippen LogP contribution < -0.4 is 10.1 Å². The molecule has 5 rings (SSSR count). The van der Waals surface area contributed by atoms with Gasteiger partial charge >= 0.3 is 0 Å². The second-order valence-electron chi connectivity index (χ2n) is 8.10. The van der Waals surface area contributed by atoms with Crippen LogP contribution in [0, 0.1) is 0 Å². The Morgan fingerprint density at radius 2 is 1.59 bits per heavy atom. The highest BCUT2D eigenvalue weighted by molar-refractivity contribution is 8.00. The molecule has 5 heteroatoms. The van der Waals surface area contributed by atoms with Crippen molar-refractivity contribution in [3.05, 3.63) is 114 Å². The fourth-order valence-corrected chi connectivity index (χ4v) is 4.93. The molecule has 0 saturated heterocycles. The van der Waals surface area contributed by atoms with Crippen molar-refractivity contribution in [1.82, 2.24) is 0 Å². The van der Waals surface area contributed by atoms with Crippen LogP contribution in [0.2, 0.25) is 0 Å². The molecule has 4 nitrogen and oxygen atoms in total. The number of para-hydroxylation sites is 1. The molecule has 34 heavy (non-hydrogen) atoms. The summed E-state index contributed by atoms with van der Waals surface area (Å²) in [5.41, 5.74) is 6.42. The van der Waals surface area contributed by atoms with Gasteiger partial charge in [0, 0.05) is 16.1 Å². The maximum Gasteiger partial charge on any atom is 0.262 e. The molecule has 0 aliphatic heterocycles. The summed E-state index contributed by atoms with van der Waals surface area (Å²) in [5, 5.41) is 2.85. The number of fused-ring (bicyclic) bond motifs is 3. The van der Waals surface area contributed by atoms with E-state index in [9.17, 15) is 9.59 Å². The predicted octanol–water partition coefficient (Wildman–Crippen LogP) is 6.25. The van der Waals surface area contributed by atoms with E-state index in [-0.39, 0.29) is 18.3 Å². The van der Waals surface area contributed by atoms with Gasteiger partial charge in [0.1, 0.15) is 5.75 Å². The molecule has 1 amide bonds. The van der Waals surface area contributed by atoms with Crippen molar-refractivity contribution in [3.8, 4) is 16.9 Å². The van der Waals surface area contributed by atoms with E-state index in [1.165, 1.54) is 34.0 Å². The molecule has 4 aromatic carbocycles. The number of thioether (sulfide) groups is 1. The number of amides is 1. The Labute approximate surface area is 203 Å². The number of carbonyl (C=O) groups is 2. The molecule has 0 bridgehead atoms. The third-order valence-corrected chi connectivity index (χ3v) is 6.71. The molecule has 0 unspecified atom stereocenters. The van der Waals surface area contributed by atoms with Crippen molar-refractivity contribution in [3.63, 3.8) is 0 Å². The molecule has 0 atom stereocenters. The third kappa shape index (κ3) is 5.05. The number of anilines is 1. The number of ether oxygens (including phenoxy) is 1. The summed E-state index contributed by atoms with van der Waals surface area (Å²) >= 11 is 1.46. The second-order valence-corrected chi connectivity index (χ2v) is 9.14. The van der Waals surface area contributed by atoms with Crippen molar-refractivity contribution >= 4 is 29.1 Å². The molecule has 0 saturated carbocycles. The minimum Gasteiger partial charge on any atom is -0.484 e. The van der Waals surface area contributed by atoms with E-state index < -0.39 is 0 Å². The van der Waals surface area contributed by atoms with E-state index in [0.29, 0.717) is 17.2 Å². The zero-order valence-electron chi connectivity index (χ0n) is 18.5. The molecule has 4 aromatic rings. The lowest BCUT2D eigenvalue weighted by molar-refractivity contribution is -0.118. The number of nitrogens with one attached hydrogen (secondary N) is 1. The number of benzene rings is 4. The number of hydrogen-bond donors (Lipinski definition) is 1. The van der Waals surface area contributed by atoms with E-state index >= 15 is 0 Å². The standard InChI is InChI=1S/C29H23NO3S/c31-28(21-13-14-27-22(16-21)15-20-7-4-5-12-26(20)27)19-34-25-11-6-8-23(17-25)30-29(32)18-33-24-9-2-1-3-10-24/h1-14,16-17H,15,18-19H2,(H,30,32). The van der Waals surface area contributed by atoms with Crippen LogP contribution in [-0.2, 0) is 11.2 Å². The van der Waals surface area contributed by atoms with E-state index in [2.05, 4.69) is 35.6 Å². The van der Waals surface area contributed by atoms with Crippen LogP contribution in [0.5, 0.6) is 5.75 Å². The monoisotopic (exact) mass is 465 g/mol. The quantitative estimate of drug-likeness (QED) is 0.217. The van der Waals surface area contributed by atoms with Gasteiger partial charge in [-0.1, -0.05) is 60.7 Å². The largest absolute Gasteiger partial charge is 0.484 e. The van der Waals surface area contributed by atoms with Crippen LogP contribution in [0.3, 0.4) is 0 Å². The summed E-state index contributed by atoms with van der Waals surface area (Å²) in [4.78, 5) is 26.0. The van der Waals surface area contributed by atoms with Crippen LogP contribution in [0.4, 0.5) is 5.69 Å². The SMILES string of the molecule is O=C(COc1ccccc1)Nc1cccc(SCC(=O)c2ccc3c(c2)Cc2ccccc2-3)c1. The average Bonchev–Trinajstić information content (AvgIpc) is 3.25. The first kappa shape index (κ1) is 22.0. The summed E-state index contributed by atoms with van der Waals surface area (Å²) < 4.78 is 5.49. The van der Waals surface area contributed by atoms with Gasteiger partial charge in [-0.05, 0) is 65.1 Å². The Kier molecular flexibility index (Phi) is 6.45. The second kappa shape index (κ2) is 9.98. The maximum absolute atomic E-state index is 12.9. The Hall–Kier alpha value is -3.83. The van der Waals surface area contributed by atoms with Crippen molar-refractivity contribution < 1.29 is 14.3 Å². The Morgan fingerprint density at radius 3 is 2.47 bits per heavy atom. The van der Waals surface area contributed by atoms with Crippen LogP contribution in [0.15, 0.2) is 102 Å². The topological polar surface area (TPSA) is 55.4 Å². The number of Topliss-reactive ketones (excluding diaryl/α,β-unsaturated/α-hetero) is 1. The first-order chi connectivity index (χ1) is 16.7. The van der Waals surface area contributed by atoms with Gasteiger partial charge in [0.25, 0.3) is 5.91 Å². The number of rotatable bonds is 8. The van der Waals surface area contributed by atoms with Crippen molar-refractivity contribution in [2.75, 3.05) is 17.7 Å². The molecule has 1 aliphatic carbocycles. The molecule has 1 N–H and O–H groups in total. The van der Waals surface area contributed by atoms with E-state index in [1.807, 2.05) is 54.6 Å².